The highest BCUT2D eigenvalue weighted by atomic mass is 35.5. The van der Waals surface area contributed by atoms with Gasteiger partial charge in [0.1, 0.15) is 10.0 Å². The monoisotopic (exact) mass is 322 g/mol. The third-order valence-corrected chi connectivity index (χ3v) is 5.19. The number of pyridine rings is 1. The minimum absolute atomic E-state index is 0.0132. The number of hydrogen-bond donors (Lipinski definition) is 0. The van der Waals surface area contributed by atoms with E-state index in [9.17, 15) is 8.42 Å². The van der Waals surface area contributed by atoms with Crippen LogP contribution in [0.1, 0.15) is 6.92 Å². The van der Waals surface area contributed by atoms with Crippen LogP contribution in [0.15, 0.2) is 23.2 Å². The van der Waals surface area contributed by atoms with Crippen molar-refractivity contribution in [1.29, 1.82) is 0 Å². The molecule has 1 aromatic heterocycles. The SMILES string of the molecule is COCCN(C(C)COC)S(=O)(=O)c1cccnc1Cl. The second-order valence-electron chi connectivity index (χ2n) is 4.21. The lowest BCUT2D eigenvalue weighted by atomic mass is 10.3. The van der Waals surface area contributed by atoms with Crippen LogP contribution >= 0.6 is 11.6 Å². The lowest BCUT2D eigenvalue weighted by Gasteiger charge is -2.27. The standard InChI is InChI=1S/C12H19ClN2O4S/c1-10(9-19-3)15(7-8-18-2)20(16,17)11-5-4-6-14-12(11)13/h4-6,10H,7-9H2,1-3H3. The number of ether oxygens (including phenoxy) is 2. The van der Waals surface area contributed by atoms with Gasteiger partial charge in [0, 0.05) is 33.0 Å². The van der Waals surface area contributed by atoms with Crippen LogP contribution in [0, 0.1) is 0 Å². The maximum atomic E-state index is 12.7. The molecule has 8 heteroatoms. The topological polar surface area (TPSA) is 68.7 Å². The van der Waals surface area contributed by atoms with Crippen LogP contribution in [0.2, 0.25) is 5.15 Å². The number of hydrogen-bond acceptors (Lipinski definition) is 5. The molecule has 0 saturated carbocycles. The number of nitrogens with zero attached hydrogens (tertiary/aromatic N) is 2. The number of aromatic nitrogens is 1. The van der Waals surface area contributed by atoms with Crippen molar-refractivity contribution in [3.63, 3.8) is 0 Å². The third-order valence-electron chi connectivity index (χ3n) is 2.73. The van der Waals surface area contributed by atoms with Crippen molar-refractivity contribution in [2.75, 3.05) is 34.0 Å². The molecule has 0 radical (unpaired) electrons. The van der Waals surface area contributed by atoms with E-state index in [0.717, 1.165) is 0 Å². The van der Waals surface area contributed by atoms with Gasteiger partial charge in [-0.05, 0) is 19.1 Å². The Bertz CT molecular complexity index is 524. The molecule has 1 unspecified atom stereocenters. The van der Waals surface area contributed by atoms with Crippen molar-refractivity contribution in [3.05, 3.63) is 23.5 Å². The fourth-order valence-electron chi connectivity index (χ4n) is 1.77. The minimum atomic E-state index is -3.75. The molecule has 0 saturated heterocycles. The van der Waals surface area contributed by atoms with Gasteiger partial charge in [0.15, 0.2) is 0 Å². The summed E-state index contributed by atoms with van der Waals surface area (Å²) in [7, 11) is -0.707. The first-order valence-corrected chi connectivity index (χ1v) is 7.87. The van der Waals surface area contributed by atoms with E-state index >= 15 is 0 Å². The van der Waals surface area contributed by atoms with Crippen LogP contribution in [0.4, 0.5) is 0 Å². The summed E-state index contributed by atoms with van der Waals surface area (Å²) in [4.78, 5) is 3.80. The van der Waals surface area contributed by atoms with E-state index in [1.54, 1.807) is 6.92 Å². The Balaban J connectivity index is 3.13. The van der Waals surface area contributed by atoms with Crippen molar-refractivity contribution in [3.8, 4) is 0 Å². The molecule has 0 aromatic carbocycles. The molecule has 0 fully saturated rings. The lowest BCUT2D eigenvalue weighted by Crippen LogP contribution is -2.43. The molecule has 114 valence electrons. The summed E-state index contributed by atoms with van der Waals surface area (Å²) >= 11 is 5.89. The molecule has 0 aliphatic heterocycles. The first-order valence-electron chi connectivity index (χ1n) is 6.05. The van der Waals surface area contributed by atoms with Gasteiger partial charge in [0.05, 0.1) is 13.2 Å². The molecule has 0 amide bonds. The zero-order chi connectivity index (χ0) is 15.2. The Labute approximate surface area is 124 Å². The van der Waals surface area contributed by atoms with Crippen molar-refractivity contribution < 1.29 is 17.9 Å². The first kappa shape index (κ1) is 17.3. The lowest BCUT2D eigenvalue weighted by molar-refractivity contribution is 0.119. The average Bonchev–Trinajstić information content (AvgIpc) is 2.39. The number of sulfonamides is 1. The molecule has 1 atom stereocenters. The maximum Gasteiger partial charge on any atom is 0.246 e. The van der Waals surface area contributed by atoms with Crippen LogP contribution in [0.3, 0.4) is 0 Å². The molecule has 0 N–H and O–H groups in total. The van der Waals surface area contributed by atoms with Crippen molar-refractivity contribution in [2.45, 2.75) is 17.9 Å². The molecule has 0 bridgehead atoms. The second-order valence-corrected chi connectivity index (χ2v) is 6.42. The molecular formula is C12H19ClN2O4S. The van der Waals surface area contributed by atoms with E-state index in [2.05, 4.69) is 4.98 Å². The van der Waals surface area contributed by atoms with E-state index < -0.39 is 10.0 Å². The third kappa shape index (κ3) is 4.13. The highest BCUT2D eigenvalue weighted by molar-refractivity contribution is 7.89. The van der Waals surface area contributed by atoms with Gasteiger partial charge in [-0.1, -0.05) is 11.6 Å². The summed E-state index contributed by atoms with van der Waals surface area (Å²) in [6.45, 7) is 2.54. The van der Waals surface area contributed by atoms with Crippen LogP contribution in [-0.4, -0.2) is 57.7 Å². The van der Waals surface area contributed by atoms with E-state index in [-0.39, 0.29) is 35.8 Å². The summed E-state index contributed by atoms with van der Waals surface area (Å²) in [6, 6.07) is 2.63. The van der Waals surface area contributed by atoms with E-state index in [4.69, 9.17) is 21.1 Å². The Kier molecular flexibility index (Phi) is 6.84. The molecule has 20 heavy (non-hydrogen) atoms. The molecule has 1 aromatic rings. The van der Waals surface area contributed by atoms with Crippen molar-refractivity contribution >= 4 is 21.6 Å². The van der Waals surface area contributed by atoms with E-state index in [1.165, 1.54) is 36.9 Å². The second kappa shape index (κ2) is 7.90. The Morgan fingerprint density at radius 1 is 1.40 bits per heavy atom. The largest absolute Gasteiger partial charge is 0.383 e. The van der Waals surface area contributed by atoms with Crippen LogP contribution in [0.25, 0.3) is 0 Å². The predicted octanol–water partition coefficient (Wildman–Crippen LogP) is 1.41. The normalized spacial score (nSPS) is 13.7. The summed E-state index contributed by atoms with van der Waals surface area (Å²) in [5.41, 5.74) is 0. The molecule has 1 rings (SSSR count). The summed E-state index contributed by atoms with van der Waals surface area (Å²) in [5, 5.41) is -0.0421. The fourth-order valence-corrected chi connectivity index (χ4v) is 3.80. The first-order chi connectivity index (χ1) is 9.45. The van der Waals surface area contributed by atoms with Gasteiger partial charge >= 0.3 is 0 Å². The number of methoxy groups -OCH3 is 2. The highest BCUT2D eigenvalue weighted by Crippen LogP contribution is 2.23. The zero-order valence-electron chi connectivity index (χ0n) is 11.7. The molecule has 6 nitrogen and oxygen atoms in total. The molecule has 0 aliphatic rings. The van der Waals surface area contributed by atoms with Gasteiger partial charge in [-0.2, -0.15) is 4.31 Å². The van der Waals surface area contributed by atoms with Crippen LogP contribution in [0.5, 0.6) is 0 Å². The van der Waals surface area contributed by atoms with Crippen molar-refractivity contribution in [1.82, 2.24) is 9.29 Å². The van der Waals surface area contributed by atoms with Gasteiger partial charge in [-0.3, -0.25) is 0 Å². The quantitative estimate of drug-likeness (QED) is 0.677. The highest BCUT2D eigenvalue weighted by Gasteiger charge is 2.30. The number of rotatable bonds is 8. The molecule has 0 spiro atoms. The molecule has 1 heterocycles. The number of halogens is 1. The Hall–Kier alpha value is -0.730. The van der Waals surface area contributed by atoms with Gasteiger partial charge in [-0.15, -0.1) is 0 Å². The fraction of sp³-hybridized carbons (Fsp3) is 0.583. The van der Waals surface area contributed by atoms with Gasteiger partial charge in [0.2, 0.25) is 10.0 Å². The Morgan fingerprint density at radius 2 is 2.10 bits per heavy atom. The predicted molar refractivity (Wildman–Crippen MR) is 76.4 cm³/mol. The van der Waals surface area contributed by atoms with Gasteiger partial charge in [0.25, 0.3) is 0 Å². The average molecular weight is 323 g/mol. The van der Waals surface area contributed by atoms with E-state index in [0.29, 0.717) is 0 Å². The summed E-state index contributed by atoms with van der Waals surface area (Å²) < 4.78 is 36.6. The zero-order valence-corrected chi connectivity index (χ0v) is 13.3. The molecule has 0 aliphatic carbocycles. The summed E-state index contributed by atoms with van der Waals surface area (Å²) in [6.07, 6.45) is 1.44. The van der Waals surface area contributed by atoms with Crippen LogP contribution in [-0.2, 0) is 19.5 Å². The van der Waals surface area contributed by atoms with Crippen molar-refractivity contribution in [2.24, 2.45) is 0 Å². The van der Waals surface area contributed by atoms with Gasteiger partial charge in [-0.25, -0.2) is 13.4 Å². The smallest absolute Gasteiger partial charge is 0.246 e. The van der Waals surface area contributed by atoms with Gasteiger partial charge < -0.3 is 9.47 Å². The van der Waals surface area contributed by atoms with Crippen LogP contribution < -0.4 is 0 Å². The van der Waals surface area contributed by atoms with E-state index in [1.807, 2.05) is 0 Å². The maximum absolute atomic E-state index is 12.7. The minimum Gasteiger partial charge on any atom is -0.383 e. The Morgan fingerprint density at radius 3 is 2.65 bits per heavy atom. The molecular weight excluding hydrogens is 304 g/mol. The summed E-state index contributed by atoms with van der Waals surface area (Å²) in [5.74, 6) is 0.